The molecule has 0 aliphatic heterocycles. The monoisotopic (exact) mass is 287 g/mol. The Kier molecular flexibility index (Phi) is 3.64. The highest BCUT2D eigenvalue weighted by atomic mass is 35.7. The molecule has 1 aromatic carbocycles. The van der Waals surface area contributed by atoms with Gasteiger partial charge in [0.05, 0.1) is 4.90 Å². The molecular formula is C12H14ClNO3S. The molecule has 0 spiro atoms. The third kappa shape index (κ3) is 3.23. The second-order valence-corrected chi connectivity index (χ2v) is 7.03. The fraction of sp³-hybridized carbons (Fsp3) is 0.417. The maximum absolute atomic E-state index is 11.5. The molecule has 98 valence electrons. The van der Waals surface area contributed by atoms with Gasteiger partial charge in [-0.05, 0) is 30.5 Å². The molecule has 1 fully saturated rings. The number of hydrogen-bond donors (Lipinski definition) is 0. The highest BCUT2D eigenvalue weighted by Crippen LogP contribution is 2.28. The topological polar surface area (TPSA) is 54.5 Å². The lowest BCUT2D eigenvalue weighted by Gasteiger charge is -2.20. The molecule has 0 atom stereocenters. The van der Waals surface area contributed by atoms with E-state index in [1.54, 1.807) is 19.1 Å². The summed E-state index contributed by atoms with van der Waals surface area (Å²) in [7, 11) is 1.56. The van der Waals surface area contributed by atoms with Gasteiger partial charge in [0.25, 0.3) is 9.05 Å². The first-order valence-electron chi connectivity index (χ1n) is 5.69. The molecule has 0 aromatic heterocycles. The van der Waals surface area contributed by atoms with Gasteiger partial charge in [-0.1, -0.05) is 12.1 Å². The van der Waals surface area contributed by atoms with Crippen molar-refractivity contribution in [3.05, 3.63) is 29.8 Å². The van der Waals surface area contributed by atoms with Crippen LogP contribution in [0.1, 0.15) is 25.3 Å². The van der Waals surface area contributed by atoms with Crippen LogP contribution < -0.4 is 0 Å². The van der Waals surface area contributed by atoms with Crippen molar-refractivity contribution in [2.24, 2.45) is 0 Å². The number of rotatable bonds is 4. The van der Waals surface area contributed by atoms with Gasteiger partial charge in [-0.2, -0.15) is 0 Å². The molecule has 1 aliphatic carbocycles. The Balaban J connectivity index is 2.12. The van der Waals surface area contributed by atoms with Crippen LogP contribution in [0.4, 0.5) is 0 Å². The van der Waals surface area contributed by atoms with Crippen LogP contribution in [-0.4, -0.2) is 25.3 Å². The van der Waals surface area contributed by atoms with Crippen molar-refractivity contribution in [2.75, 3.05) is 0 Å². The van der Waals surface area contributed by atoms with Crippen molar-refractivity contribution < 1.29 is 13.2 Å². The van der Waals surface area contributed by atoms with E-state index in [9.17, 15) is 13.2 Å². The fourth-order valence-corrected chi connectivity index (χ4v) is 2.61. The molecule has 0 unspecified atom stereocenters. The molecule has 1 aliphatic rings. The Labute approximate surface area is 111 Å². The van der Waals surface area contributed by atoms with E-state index < -0.39 is 9.05 Å². The van der Waals surface area contributed by atoms with Crippen molar-refractivity contribution in [2.45, 2.75) is 37.2 Å². The Hall–Kier alpha value is -1.07. The lowest BCUT2D eigenvalue weighted by Crippen LogP contribution is -2.30. The molecule has 4 nitrogen and oxygen atoms in total. The van der Waals surface area contributed by atoms with E-state index in [4.69, 9.17) is 10.7 Å². The van der Waals surface area contributed by atoms with Gasteiger partial charge < -0.3 is 4.90 Å². The third-order valence-electron chi connectivity index (χ3n) is 2.95. The lowest BCUT2D eigenvalue weighted by molar-refractivity contribution is -0.130. The zero-order valence-corrected chi connectivity index (χ0v) is 11.5. The van der Waals surface area contributed by atoms with Crippen molar-refractivity contribution in [3.8, 4) is 0 Å². The average Bonchev–Trinajstić information content (AvgIpc) is 3.08. The van der Waals surface area contributed by atoms with Gasteiger partial charge in [0, 0.05) is 30.2 Å². The highest BCUT2D eigenvalue weighted by molar-refractivity contribution is 8.13. The fourth-order valence-electron chi connectivity index (χ4n) is 1.84. The second kappa shape index (κ2) is 4.90. The Morgan fingerprint density at radius 2 is 1.89 bits per heavy atom. The van der Waals surface area contributed by atoms with E-state index in [-0.39, 0.29) is 10.8 Å². The van der Waals surface area contributed by atoms with Crippen LogP contribution in [0.25, 0.3) is 0 Å². The van der Waals surface area contributed by atoms with Crippen LogP contribution in [-0.2, 0) is 20.4 Å². The summed E-state index contributed by atoms with van der Waals surface area (Å²) in [5.41, 5.74) is 0.904. The van der Waals surface area contributed by atoms with E-state index >= 15 is 0 Å². The molecule has 1 saturated carbocycles. The van der Waals surface area contributed by atoms with Gasteiger partial charge in [-0.15, -0.1) is 0 Å². The van der Waals surface area contributed by atoms with Crippen molar-refractivity contribution in [1.29, 1.82) is 0 Å². The standard InChI is InChI=1S/C12H14ClNO3S/c1-9(15)14(11-4-5-11)8-10-2-6-12(7-3-10)18(13,16)17/h2-3,6-7,11H,4-5,8H2,1H3. The van der Waals surface area contributed by atoms with Crippen molar-refractivity contribution in [3.63, 3.8) is 0 Å². The zero-order valence-electron chi connectivity index (χ0n) is 9.97. The van der Waals surface area contributed by atoms with Crippen LogP contribution >= 0.6 is 10.7 Å². The molecule has 0 N–H and O–H groups in total. The van der Waals surface area contributed by atoms with Crippen molar-refractivity contribution >= 4 is 25.6 Å². The summed E-state index contributed by atoms with van der Waals surface area (Å²) in [5, 5.41) is 0. The van der Waals surface area contributed by atoms with Crippen molar-refractivity contribution in [1.82, 2.24) is 4.90 Å². The minimum atomic E-state index is -3.68. The number of carbonyl (C=O) groups excluding carboxylic acids is 1. The molecule has 0 radical (unpaired) electrons. The number of carbonyl (C=O) groups is 1. The SMILES string of the molecule is CC(=O)N(Cc1ccc(S(=O)(=O)Cl)cc1)C1CC1. The quantitative estimate of drug-likeness (QED) is 0.797. The maximum Gasteiger partial charge on any atom is 0.261 e. The molecule has 0 heterocycles. The Morgan fingerprint density at radius 1 is 1.33 bits per heavy atom. The van der Waals surface area contributed by atoms with Gasteiger partial charge in [0.2, 0.25) is 5.91 Å². The first-order valence-corrected chi connectivity index (χ1v) is 7.99. The van der Waals surface area contributed by atoms with E-state index in [2.05, 4.69) is 0 Å². The largest absolute Gasteiger partial charge is 0.336 e. The Morgan fingerprint density at radius 3 is 2.28 bits per heavy atom. The molecule has 0 saturated heterocycles. The molecule has 6 heteroatoms. The molecule has 2 rings (SSSR count). The summed E-state index contributed by atoms with van der Waals surface area (Å²) in [6, 6.07) is 6.64. The summed E-state index contributed by atoms with van der Waals surface area (Å²) in [5.74, 6) is 0.0477. The van der Waals surface area contributed by atoms with Crippen LogP contribution in [0, 0.1) is 0 Å². The number of nitrogens with zero attached hydrogens (tertiary/aromatic N) is 1. The van der Waals surface area contributed by atoms with Crippen LogP contribution in [0.3, 0.4) is 0 Å². The molecule has 18 heavy (non-hydrogen) atoms. The van der Waals surface area contributed by atoms with Crippen LogP contribution in [0.5, 0.6) is 0 Å². The Bertz CT molecular complexity index is 549. The minimum Gasteiger partial charge on any atom is -0.336 e. The molecule has 1 amide bonds. The number of benzene rings is 1. The highest BCUT2D eigenvalue weighted by Gasteiger charge is 2.30. The van der Waals surface area contributed by atoms with Crippen LogP contribution in [0.15, 0.2) is 29.2 Å². The van der Waals surface area contributed by atoms with Gasteiger partial charge >= 0.3 is 0 Å². The molecular weight excluding hydrogens is 274 g/mol. The summed E-state index contributed by atoms with van der Waals surface area (Å²) >= 11 is 0. The average molecular weight is 288 g/mol. The summed E-state index contributed by atoms with van der Waals surface area (Å²) < 4.78 is 22.2. The van der Waals surface area contributed by atoms with Gasteiger partial charge in [-0.25, -0.2) is 8.42 Å². The first-order chi connectivity index (χ1) is 8.38. The predicted octanol–water partition coefficient (Wildman–Crippen LogP) is 2.12. The van der Waals surface area contributed by atoms with E-state index in [0.717, 1.165) is 18.4 Å². The van der Waals surface area contributed by atoms with Gasteiger partial charge in [0.1, 0.15) is 0 Å². The zero-order chi connectivity index (χ0) is 13.3. The smallest absolute Gasteiger partial charge is 0.261 e. The maximum atomic E-state index is 11.5. The third-order valence-corrected chi connectivity index (χ3v) is 4.32. The summed E-state index contributed by atoms with van der Waals surface area (Å²) in [6.45, 7) is 2.07. The number of hydrogen-bond acceptors (Lipinski definition) is 3. The summed E-state index contributed by atoms with van der Waals surface area (Å²) in [4.78, 5) is 13.4. The number of amides is 1. The van der Waals surface area contributed by atoms with E-state index in [1.807, 2.05) is 4.90 Å². The minimum absolute atomic E-state index is 0.0477. The van der Waals surface area contributed by atoms with E-state index in [0.29, 0.717) is 12.6 Å². The molecule has 1 aromatic rings. The predicted molar refractivity (Wildman–Crippen MR) is 68.7 cm³/mol. The van der Waals surface area contributed by atoms with Crippen LogP contribution in [0.2, 0.25) is 0 Å². The lowest BCUT2D eigenvalue weighted by atomic mass is 10.2. The van der Waals surface area contributed by atoms with Gasteiger partial charge in [0.15, 0.2) is 0 Å². The normalized spacial score (nSPS) is 15.4. The molecule has 0 bridgehead atoms. The second-order valence-electron chi connectivity index (χ2n) is 4.46. The first kappa shape index (κ1) is 13.4. The number of halogens is 1. The van der Waals surface area contributed by atoms with Gasteiger partial charge in [-0.3, -0.25) is 4.79 Å². The van der Waals surface area contributed by atoms with E-state index in [1.165, 1.54) is 12.1 Å². The summed E-state index contributed by atoms with van der Waals surface area (Å²) in [6.07, 6.45) is 2.10.